The maximum atomic E-state index is 10.5. The van der Waals surface area contributed by atoms with Crippen molar-refractivity contribution in [1.29, 1.82) is 0 Å². The molecule has 0 spiro atoms. The van der Waals surface area contributed by atoms with Crippen LogP contribution in [0.15, 0.2) is 24.3 Å². The van der Waals surface area contributed by atoms with Crippen molar-refractivity contribution < 1.29 is 32.1 Å². The maximum Gasteiger partial charge on any atom is 2.00 e. The molecule has 0 bridgehead atoms. The van der Waals surface area contributed by atoms with Gasteiger partial charge >= 0.3 is 39.4 Å². The summed E-state index contributed by atoms with van der Waals surface area (Å²) in [4.78, 5) is 14.7. The van der Waals surface area contributed by atoms with Crippen LogP contribution in [0.5, 0.6) is 5.75 Å². The summed E-state index contributed by atoms with van der Waals surface area (Å²) < 4.78 is 32.0. The van der Waals surface area contributed by atoms with Gasteiger partial charge in [0.1, 0.15) is 0 Å². The van der Waals surface area contributed by atoms with Crippen molar-refractivity contribution in [3.8, 4) is 5.75 Å². The van der Waals surface area contributed by atoms with E-state index in [2.05, 4.69) is 9.22 Å². The van der Waals surface area contributed by atoms with E-state index in [9.17, 15) is 13.2 Å². The number of hydrogen-bond acceptors (Lipinski definition) is 5. The summed E-state index contributed by atoms with van der Waals surface area (Å²) >= 11 is 0. The van der Waals surface area contributed by atoms with E-state index in [1.807, 2.05) is 0 Å². The van der Waals surface area contributed by atoms with Crippen LogP contribution in [0.4, 0.5) is 0 Å². The summed E-state index contributed by atoms with van der Waals surface area (Å²) in [6.07, 6.45) is 0. The Balaban J connectivity index is 0.00000225. The minimum atomic E-state index is -4.73. The Morgan fingerprint density at radius 2 is 1.94 bits per heavy atom. The molecule has 0 atom stereocenters. The zero-order chi connectivity index (χ0) is 11.5. The second-order valence-electron chi connectivity index (χ2n) is 2.41. The Bertz CT molecular complexity index is 469. The molecule has 0 amide bonds. The number of carboxylic acids is 1. The third-order valence-electron chi connectivity index (χ3n) is 1.30. The van der Waals surface area contributed by atoms with Crippen molar-refractivity contribution in [3.05, 3.63) is 29.8 Å². The summed E-state index contributed by atoms with van der Waals surface area (Å²) in [5.41, 5.74) is -0.105. The maximum absolute atomic E-state index is 10.5. The van der Waals surface area contributed by atoms with Gasteiger partial charge in [0.2, 0.25) is 0 Å². The smallest absolute Gasteiger partial charge is 0.478 e. The average molecular weight is 258 g/mol. The second-order valence-corrected chi connectivity index (χ2v) is 3.40. The van der Waals surface area contributed by atoms with Gasteiger partial charge in [0.25, 0.3) is 0 Å². The van der Waals surface area contributed by atoms with E-state index in [-0.39, 0.29) is 34.4 Å². The van der Waals surface area contributed by atoms with E-state index in [0.717, 1.165) is 6.07 Å². The molecule has 2 N–H and O–H groups in total. The number of rotatable bonds is 4. The molecule has 0 unspecified atom stereocenters. The molecule has 0 aliphatic heterocycles. The first-order chi connectivity index (χ1) is 6.88. The summed E-state index contributed by atoms with van der Waals surface area (Å²) in [5.74, 6) is -1.36. The first-order valence-corrected chi connectivity index (χ1v) is 4.92. The van der Waals surface area contributed by atoms with Crippen LogP contribution in [0.2, 0.25) is 0 Å². The molecule has 1 aromatic rings. The van der Waals surface area contributed by atoms with Crippen LogP contribution < -0.4 is 4.89 Å². The van der Waals surface area contributed by atoms with Gasteiger partial charge < -0.3 is 9.99 Å². The summed E-state index contributed by atoms with van der Waals surface area (Å²) in [5, 5.41) is 8.57. The monoisotopic (exact) mass is 258 g/mol. The average Bonchev–Trinajstić information content (AvgIpc) is 2.14. The molecule has 0 fully saturated rings. The molecule has 1 aromatic carbocycles. The van der Waals surface area contributed by atoms with Gasteiger partial charge in [-0.15, -0.1) is 0 Å². The number of benzene rings is 1. The van der Waals surface area contributed by atoms with E-state index in [4.69, 9.17) is 9.66 Å². The summed E-state index contributed by atoms with van der Waals surface area (Å²) in [6, 6.07) is 4.90. The molecule has 0 saturated heterocycles. The largest absolute Gasteiger partial charge is 2.00 e. The molecular formula is C7H6MgO7S+2. The number of carbonyl (C=O) groups is 1. The van der Waals surface area contributed by atoms with Gasteiger partial charge in [0, 0.05) is 0 Å². The molecular weight excluding hydrogens is 252 g/mol. The molecule has 7 nitrogen and oxygen atoms in total. The minimum absolute atomic E-state index is 0. The third-order valence-corrected chi connectivity index (χ3v) is 1.54. The Kier molecular flexibility index (Phi) is 5.68. The van der Waals surface area contributed by atoms with Crippen LogP contribution >= 0.6 is 0 Å². The molecule has 0 aliphatic carbocycles. The Labute approximate surface area is 107 Å². The van der Waals surface area contributed by atoms with E-state index in [0.29, 0.717) is 0 Å². The van der Waals surface area contributed by atoms with E-state index < -0.39 is 16.4 Å². The van der Waals surface area contributed by atoms with E-state index in [1.165, 1.54) is 18.2 Å². The fourth-order valence-electron chi connectivity index (χ4n) is 0.763. The summed E-state index contributed by atoms with van der Waals surface area (Å²) in [6.45, 7) is 0. The van der Waals surface area contributed by atoms with Crippen LogP contribution in [0.1, 0.15) is 10.4 Å². The fraction of sp³-hybridized carbons (Fsp3) is 0. The standard InChI is InChI=1S/C7H6O7S.Mg/c8-7(9)5-2-1-3-6(4-5)13-14-15(10,11)12;/h1-4H,(H,8,9)(H,10,11,12);/q;+2. The molecule has 0 aromatic heterocycles. The van der Waals surface area contributed by atoms with Crippen molar-refractivity contribution in [3.63, 3.8) is 0 Å². The van der Waals surface area contributed by atoms with Crippen LogP contribution in [-0.4, -0.2) is 47.1 Å². The van der Waals surface area contributed by atoms with Gasteiger partial charge in [0.15, 0.2) is 5.75 Å². The number of aromatic carboxylic acids is 1. The number of carboxylic acid groups (broad SMARTS) is 1. The fourth-order valence-corrected chi connectivity index (χ4v) is 0.928. The molecule has 0 radical (unpaired) electrons. The zero-order valence-corrected chi connectivity index (χ0v) is 10.1. The van der Waals surface area contributed by atoms with Gasteiger partial charge in [-0.1, -0.05) is 6.07 Å². The molecule has 0 aliphatic rings. The third kappa shape index (κ3) is 5.28. The SMILES string of the molecule is O=C(O)c1cccc(OOS(=O)(=O)O)c1.[Mg+2]. The van der Waals surface area contributed by atoms with Crippen molar-refractivity contribution >= 4 is 39.4 Å². The van der Waals surface area contributed by atoms with Gasteiger partial charge in [-0.2, -0.15) is 8.42 Å². The normalized spacial score (nSPS) is 10.3. The van der Waals surface area contributed by atoms with Gasteiger partial charge in [-0.25, -0.2) is 4.79 Å². The van der Waals surface area contributed by atoms with E-state index >= 15 is 0 Å². The topological polar surface area (TPSA) is 110 Å². The Morgan fingerprint density at radius 3 is 2.44 bits per heavy atom. The van der Waals surface area contributed by atoms with Crippen LogP contribution in [0.25, 0.3) is 0 Å². The zero-order valence-electron chi connectivity index (χ0n) is 7.86. The predicted octanol–water partition coefficient (Wildman–Crippen LogP) is 0.117. The van der Waals surface area contributed by atoms with Crippen LogP contribution in [-0.2, 0) is 14.7 Å². The molecule has 9 heteroatoms. The molecule has 0 saturated carbocycles. The van der Waals surface area contributed by atoms with Gasteiger partial charge in [-0.05, 0) is 22.5 Å². The van der Waals surface area contributed by atoms with Crippen molar-refractivity contribution in [2.24, 2.45) is 0 Å². The number of hydrogen-bond donors (Lipinski definition) is 2. The van der Waals surface area contributed by atoms with Crippen LogP contribution in [0.3, 0.4) is 0 Å². The summed E-state index contributed by atoms with van der Waals surface area (Å²) in [7, 11) is -4.73. The van der Waals surface area contributed by atoms with Crippen molar-refractivity contribution in [2.75, 3.05) is 0 Å². The second kappa shape index (κ2) is 6.01. The molecule has 1 rings (SSSR count). The first kappa shape index (κ1) is 15.1. The molecule has 82 valence electrons. The van der Waals surface area contributed by atoms with Crippen LogP contribution in [0, 0.1) is 0 Å². The van der Waals surface area contributed by atoms with Gasteiger partial charge in [0.05, 0.1) is 5.56 Å². The predicted molar refractivity (Wildman–Crippen MR) is 52.4 cm³/mol. The first-order valence-electron chi connectivity index (χ1n) is 3.55. The minimum Gasteiger partial charge on any atom is -0.478 e. The van der Waals surface area contributed by atoms with Crippen molar-refractivity contribution in [1.82, 2.24) is 0 Å². The quantitative estimate of drug-likeness (QED) is 0.341. The molecule has 16 heavy (non-hydrogen) atoms. The van der Waals surface area contributed by atoms with E-state index in [1.54, 1.807) is 0 Å². The Hall–Kier alpha value is -0.874. The Morgan fingerprint density at radius 1 is 1.31 bits per heavy atom. The van der Waals surface area contributed by atoms with Gasteiger partial charge in [-0.3, -0.25) is 4.55 Å². The van der Waals surface area contributed by atoms with Crippen molar-refractivity contribution in [2.45, 2.75) is 0 Å². The molecule has 0 heterocycles.